The highest BCUT2D eigenvalue weighted by Gasteiger charge is 2.18. The van der Waals surface area contributed by atoms with Crippen LogP contribution in [0.5, 0.6) is 11.6 Å². The normalized spacial score (nSPS) is 10.6. The van der Waals surface area contributed by atoms with Gasteiger partial charge >= 0.3 is 0 Å². The zero-order valence-electron chi connectivity index (χ0n) is 19.9. The van der Waals surface area contributed by atoms with Gasteiger partial charge in [-0.05, 0) is 66.9 Å². The molecule has 0 unspecified atom stereocenters. The number of nitrogens with one attached hydrogen (secondary N) is 1. The molecule has 174 valence electrons. The molecule has 0 atom stereocenters. The summed E-state index contributed by atoms with van der Waals surface area (Å²) in [6, 6.07) is 27.2. The maximum atomic E-state index is 9.76. The molecule has 0 aliphatic carbocycles. The van der Waals surface area contributed by atoms with Gasteiger partial charge in [0, 0.05) is 18.4 Å². The molecule has 3 aromatic carbocycles. The van der Waals surface area contributed by atoms with Crippen molar-refractivity contribution in [2.24, 2.45) is 0 Å². The molecular formula is C29H22N6O. The van der Waals surface area contributed by atoms with E-state index in [1.165, 1.54) is 0 Å². The highest BCUT2D eigenvalue weighted by Crippen LogP contribution is 2.34. The van der Waals surface area contributed by atoms with E-state index in [0.717, 1.165) is 27.9 Å². The number of nitrogens with zero attached hydrogens (tertiary/aromatic N) is 5. The van der Waals surface area contributed by atoms with Crippen LogP contribution in [0.3, 0.4) is 0 Å². The second kappa shape index (κ2) is 9.61. The van der Waals surface area contributed by atoms with Crippen molar-refractivity contribution < 1.29 is 4.74 Å². The number of ether oxygens (including phenoxy) is 1. The second-order valence-corrected chi connectivity index (χ2v) is 8.50. The fraction of sp³-hybridized carbons (Fsp3) is 0.103. The number of hydrogen-bond donors (Lipinski definition) is 1. The molecule has 0 saturated carbocycles. The van der Waals surface area contributed by atoms with Gasteiger partial charge in [-0.3, -0.25) is 0 Å². The average molecular weight is 471 g/mol. The van der Waals surface area contributed by atoms with E-state index in [1.54, 1.807) is 30.3 Å². The SMILES string of the molecule is Cc1cc(C)c(Oc2nc(Nc3ccc(C#N)cc3)nc3ccn(Cc4ccccc4)c23)c(C#N)c1. The maximum Gasteiger partial charge on any atom is 0.249 e. The van der Waals surface area contributed by atoms with Crippen molar-refractivity contribution in [3.8, 4) is 23.8 Å². The van der Waals surface area contributed by atoms with Crippen LogP contribution < -0.4 is 10.1 Å². The first kappa shape index (κ1) is 22.6. The lowest BCUT2D eigenvalue weighted by atomic mass is 10.1. The van der Waals surface area contributed by atoms with Crippen molar-refractivity contribution in [3.05, 3.63) is 107 Å². The summed E-state index contributed by atoms with van der Waals surface area (Å²) in [6.45, 7) is 4.48. The van der Waals surface area contributed by atoms with Crippen molar-refractivity contribution in [1.29, 1.82) is 10.5 Å². The van der Waals surface area contributed by atoms with E-state index < -0.39 is 0 Å². The van der Waals surface area contributed by atoms with Crippen molar-refractivity contribution >= 4 is 22.7 Å². The van der Waals surface area contributed by atoms with Gasteiger partial charge in [-0.15, -0.1) is 0 Å². The first-order valence-electron chi connectivity index (χ1n) is 11.4. The average Bonchev–Trinajstić information content (AvgIpc) is 3.29. The molecule has 0 bridgehead atoms. The minimum atomic E-state index is 0.348. The van der Waals surface area contributed by atoms with Crippen molar-refractivity contribution in [3.63, 3.8) is 0 Å². The van der Waals surface area contributed by atoms with Crippen LogP contribution in [-0.4, -0.2) is 14.5 Å². The highest BCUT2D eigenvalue weighted by atomic mass is 16.5. The lowest BCUT2D eigenvalue weighted by molar-refractivity contribution is 0.461. The lowest BCUT2D eigenvalue weighted by Crippen LogP contribution is -2.05. The quantitative estimate of drug-likeness (QED) is 0.309. The van der Waals surface area contributed by atoms with Crippen molar-refractivity contribution in [2.45, 2.75) is 20.4 Å². The summed E-state index contributed by atoms with van der Waals surface area (Å²) < 4.78 is 8.42. The third-order valence-electron chi connectivity index (χ3n) is 5.78. The molecule has 1 N–H and O–H groups in total. The summed E-state index contributed by atoms with van der Waals surface area (Å²) in [5, 5.41) is 22.0. The Balaban J connectivity index is 1.61. The first-order valence-corrected chi connectivity index (χ1v) is 11.4. The maximum absolute atomic E-state index is 9.76. The predicted molar refractivity (Wildman–Crippen MR) is 138 cm³/mol. The molecule has 0 amide bonds. The molecule has 5 rings (SSSR count). The molecule has 0 radical (unpaired) electrons. The van der Waals surface area contributed by atoms with Crippen LogP contribution in [0.15, 0.2) is 79.0 Å². The molecule has 7 heteroatoms. The summed E-state index contributed by atoms with van der Waals surface area (Å²) in [7, 11) is 0. The molecular weight excluding hydrogens is 448 g/mol. The molecule has 0 aliphatic heterocycles. The fourth-order valence-corrected chi connectivity index (χ4v) is 4.14. The molecule has 0 fully saturated rings. The summed E-state index contributed by atoms with van der Waals surface area (Å²) in [6.07, 6.45) is 1.96. The van der Waals surface area contributed by atoms with Crippen molar-refractivity contribution in [1.82, 2.24) is 14.5 Å². The summed E-state index contributed by atoms with van der Waals surface area (Å²) in [5.41, 5.74) is 6.15. The Morgan fingerprint density at radius 2 is 1.69 bits per heavy atom. The number of aromatic nitrogens is 3. The topological polar surface area (TPSA) is 99.5 Å². The van der Waals surface area contributed by atoms with E-state index in [9.17, 15) is 5.26 Å². The van der Waals surface area contributed by atoms with E-state index in [-0.39, 0.29) is 0 Å². The van der Waals surface area contributed by atoms with Crippen LogP contribution in [0, 0.1) is 36.5 Å². The highest BCUT2D eigenvalue weighted by molar-refractivity contribution is 5.83. The number of aryl methyl sites for hydroxylation is 2. The third-order valence-corrected chi connectivity index (χ3v) is 5.78. The number of benzene rings is 3. The van der Waals surface area contributed by atoms with Crippen LogP contribution in [0.2, 0.25) is 0 Å². The Kier molecular flexibility index (Phi) is 6.05. The third kappa shape index (κ3) is 4.59. The van der Waals surface area contributed by atoms with Crippen LogP contribution in [0.25, 0.3) is 11.0 Å². The zero-order chi connectivity index (χ0) is 25.1. The Labute approximate surface area is 208 Å². The van der Waals surface area contributed by atoms with E-state index >= 15 is 0 Å². The fourth-order valence-electron chi connectivity index (χ4n) is 4.14. The van der Waals surface area contributed by atoms with Crippen LogP contribution in [0.4, 0.5) is 11.6 Å². The van der Waals surface area contributed by atoms with E-state index in [1.807, 2.05) is 54.9 Å². The lowest BCUT2D eigenvalue weighted by Gasteiger charge is -2.15. The summed E-state index contributed by atoms with van der Waals surface area (Å²) >= 11 is 0. The molecule has 7 nitrogen and oxygen atoms in total. The van der Waals surface area contributed by atoms with Gasteiger partial charge in [0.1, 0.15) is 17.3 Å². The smallest absolute Gasteiger partial charge is 0.249 e. The number of anilines is 2. The first-order chi connectivity index (χ1) is 17.5. The van der Waals surface area contributed by atoms with Gasteiger partial charge in [0.2, 0.25) is 11.8 Å². The van der Waals surface area contributed by atoms with Gasteiger partial charge in [0.15, 0.2) is 0 Å². The number of fused-ring (bicyclic) bond motifs is 1. The Bertz CT molecular complexity index is 1640. The van der Waals surface area contributed by atoms with E-state index in [4.69, 9.17) is 20.0 Å². The van der Waals surface area contributed by atoms with Crippen LogP contribution >= 0.6 is 0 Å². The minimum Gasteiger partial charge on any atom is -0.435 e. The summed E-state index contributed by atoms with van der Waals surface area (Å²) in [5.74, 6) is 1.17. The number of rotatable bonds is 6. The molecule has 0 aliphatic rings. The Morgan fingerprint density at radius 1 is 0.917 bits per heavy atom. The van der Waals surface area contributed by atoms with Crippen molar-refractivity contribution in [2.75, 3.05) is 5.32 Å². The second-order valence-electron chi connectivity index (χ2n) is 8.50. The molecule has 5 aromatic rings. The monoisotopic (exact) mass is 470 g/mol. The van der Waals surface area contributed by atoms with Crippen LogP contribution in [-0.2, 0) is 6.54 Å². The number of nitriles is 2. The van der Waals surface area contributed by atoms with E-state index in [2.05, 4.69) is 29.6 Å². The molecule has 2 heterocycles. The molecule has 0 saturated heterocycles. The van der Waals surface area contributed by atoms with Gasteiger partial charge in [0.05, 0.1) is 22.7 Å². The molecule has 2 aromatic heterocycles. The molecule has 0 spiro atoms. The minimum absolute atomic E-state index is 0.348. The van der Waals surface area contributed by atoms with Gasteiger partial charge in [-0.2, -0.15) is 15.5 Å². The molecule has 36 heavy (non-hydrogen) atoms. The van der Waals surface area contributed by atoms with Crippen LogP contribution in [0.1, 0.15) is 27.8 Å². The summed E-state index contributed by atoms with van der Waals surface area (Å²) in [4.78, 5) is 9.41. The Hall–Kier alpha value is -5.14. The predicted octanol–water partition coefficient (Wildman–Crippen LogP) is 6.38. The van der Waals surface area contributed by atoms with E-state index in [0.29, 0.717) is 40.8 Å². The number of hydrogen-bond acceptors (Lipinski definition) is 6. The van der Waals surface area contributed by atoms with Gasteiger partial charge < -0.3 is 14.6 Å². The van der Waals surface area contributed by atoms with Gasteiger partial charge in [-0.1, -0.05) is 36.4 Å². The largest absolute Gasteiger partial charge is 0.435 e. The zero-order valence-corrected chi connectivity index (χ0v) is 19.9. The van der Waals surface area contributed by atoms with Gasteiger partial charge in [-0.25, -0.2) is 4.98 Å². The Morgan fingerprint density at radius 3 is 2.42 bits per heavy atom. The van der Waals surface area contributed by atoms with Gasteiger partial charge in [0.25, 0.3) is 0 Å². The standard InChI is InChI=1S/C29H22N6O/c1-19-14-20(2)27(23(15-19)17-31)36-28-26-25(12-13-35(26)18-22-6-4-3-5-7-22)33-29(34-28)32-24-10-8-21(16-30)9-11-24/h3-15H,18H2,1-2H3,(H,32,33,34).